The number of aromatic nitrogens is 3. The second-order valence-electron chi connectivity index (χ2n) is 13.5. The van der Waals surface area contributed by atoms with Gasteiger partial charge in [-0.25, -0.2) is 15.0 Å². The standard InChI is InChI=1S/C50H33N3O/c1-4-13-33(14-5-1)34-23-25-37(26-24-34)42-31-32-44(46-43-20-8-3-9-22-45(43)54-47(42)46)50-52-48(38-16-6-2-7-17-38)51-49(53-50)39-29-27-36(28-30-39)41-21-12-18-35-15-10-11-19-40(35)41/h1-2,4-32H,3H2. The van der Waals surface area contributed by atoms with Gasteiger partial charge in [-0.2, -0.15) is 0 Å². The Hall–Kier alpha value is -7.17. The van der Waals surface area contributed by atoms with Gasteiger partial charge in [0.25, 0.3) is 0 Å². The van der Waals surface area contributed by atoms with E-state index in [1.807, 2.05) is 36.4 Å². The third-order valence-corrected chi connectivity index (χ3v) is 10.2. The first-order valence-electron chi connectivity index (χ1n) is 18.3. The summed E-state index contributed by atoms with van der Waals surface area (Å²) in [6.07, 6.45) is 9.39. The molecule has 4 nitrogen and oxygen atoms in total. The summed E-state index contributed by atoms with van der Waals surface area (Å²) in [6, 6.07) is 57.0. The Bertz CT molecular complexity index is 2860. The molecule has 0 saturated heterocycles. The maximum atomic E-state index is 6.74. The molecular weight excluding hydrogens is 659 g/mol. The molecule has 0 radical (unpaired) electrons. The predicted molar refractivity (Wildman–Crippen MR) is 222 cm³/mol. The second kappa shape index (κ2) is 13.4. The van der Waals surface area contributed by atoms with Crippen molar-refractivity contribution < 1.29 is 4.42 Å². The van der Waals surface area contributed by atoms with Crippen LogP contribution in [0.25, 0.3) is 101 Å². The van der Waals surface area contributed by atoms with E-state index in [0.717, 1.165) is 62.1 Å². The summed E-state index contributed by atoms with van der Waals surface area (Å²) in [4.78, 5) is 15.4. The van der Waals surface area contributed by atoms with E-state index < -0.39 is 0 Å². The fourth-order valence-corrected chi connectivity index (χ4v) is 7.48. The van der Waals surface area contributed by atoms with Crippen molar-refractivity contribution in [2.45, 2.75) is 6.42 Å². The van der Waals surface area contributed by atoms with Crippen LogP contribution in [0.4, 0.5) is 0 Å². The van der Waals surface area contributed by atoms with Crippen molar-refractivity contribution in [2.75, 3.05) is 0 Å². The average molecular weight is 692 g/mol. The number of hydrogen-bond donors (Lipinski definition) is 0. The van der Waals surface area contributed by atoms with Gasteiger partial charge in [-0.1, -0.05) is 170 Å². The molecule has 0 fully saturated rings. The summed E-state index contributed by atoms with van der Waals surface area (Å²) in [5, 5.41) is 3.43. The number of benzene rings is 7. The molecular formula is C50H33N3O. The molecule has 0 atom stereocenters. The van der Waals surface area contributed by atoms with Gasteiger partial charge in [0.05, 0.1) is 0 Å². The molecule has 1 aliphatic carbocycles. The lowest BCUT2D eigenvalue weighted by molar-refractivity contribution is 0.604. The Labute approximate surface area is 313 Å². The van der Waals surface area contributed by atoms with Gasteiger partial charge in [0, 0.05) is 33.2 Å². The number of nitrogens with zero attached hydrogens (tertiary/aromatic N) is 3. The van der Waals surface area contributed by atoms with Crippen LogP contribution < -0.4 is 0 Å². The van der Waals surface area contributed by atoms with Crippen molar-refractivity contribution in [1.29, 1.82) is 0 Å². The van der Waals surface area contributed by atoms with Gasteiger partial charge in [-0.3, -0.25) is 0 Å². The number of rotatable bonds is 6. The molecule has 0 spiro atoms. The van der Waals surface area contributed by atoms with Gasteiger partial charge < -0.3 is 4.42 Å². The van der Waals surface area contributed by atoms with Crippen molar-refractivity contribution in [1.82, 2.24) is 15.0 Å². The maximum Gasteiger partial charge on any atom is 0.164 e. The summed E-state index contributed by atoms with van der Waals surface area (Å²) in [5.74, 6) is 2.66. The summed E-state index contributed by atoms with van der Waals surface area (Å²) >= 11 is 0. The molecule has 0 N–H and O–H groups in total. The second-order valence-corrected chi connectivity index (χ2v) is 13.5. The van der Waals surface area contributed by atoms with E-state index in [-0.39, 0.29) is 0 Å². The normalized spacial score (nSPS) is 12.2. The van der Waals surface area contributed by atoms with Crippen LogP contribution in [-0.4, -0.2) is 15.0 Å². The molecule has 0 amide bonds. The number of hydrogen-bond acceptors (Lipinski definition) is 4. The summed E-state index contributed by atoms with van der Waals surface area (Å²) in [7, 11) is 0. The summed E-state index contributed by atoms with van der Waals surface area (Å²) in [5.41, 5.74) is 11.4. The first-order chi connectivity index (χ1) is 26.8. The van der Waals surface area contributed by atoms with Crippen molar-refractivity contribution >= 4 is 33.9 Å². The van der Waals surface area contributed by atoms with Crippen LogP contribution in [0.2, 0.25) is 0 Å². The van der Waals surface area contributed by atoms with E-state index in [9.17, 15) is 0 Å². The van der Waals surface area contributed by atoms with E-state index >= 15 is 0 Å². The zero-order valence-corrected chi connectivity index (χ0v) is 29.4. The molecule has 254 valence electrons. The minimum Gasteiger partial charge on any atom is -0.455 e. The molecule has 0 unspecified atom stereocenters. The van der Waals surface area contributed by atoms with Gasteiger partial charge in [0.15, 0.2) is 17.5 Å². The first-order valence-corrected chi connectivity index (χ1v) is 18.3. The van der Waals surface area contributed by atoms with Crippen LogP contribution in [0.5, 0.6) is 0 Å². The lowest BCUT2D eigenvalue weighted by atomic mass is 9.95. The molecule has 4 heteroatoms. The smallest absolute Gasteiger partial charge is 0.164 e. The first kappa shape index (κ1) is 31.6. The Morgan fingerprint density at radius 2 is 0.926 bits per heavy atom. The van der Waals surface area contributed by atoms with Crippen molar-refractivity contribution in [3.63, 3.8) is 0 Å². The van der Waals surface area contributed by atoms with Crippen molar-refractivity contribution in [2.24, 2.45) is 0 Å². The third kappa shape index (κ3) is 5.71. The lowest BCUT2D eigenvalue weighted by Crippen LogP contribution is -2.01. The zero-order valence-electron chi connectivity index (χ0n) is 29.4. The van der Waals surface area contributed by atoms with Crippen LogP contribution in [0.15, 0.2) is 180 Å². The topological polar surface area (TPSA) is 51.8 Å². The molecule has 10 rings (SSSR count). The van der Waals surface area contributed by atoms with Gasteiger partial charge in [-0.15, -0.1) is 0 Å². The minimum absolute atomic E-state index is 0.596. The molecule has 0 saturated carbocycles. The van der Waals surface area contributed by atoms with Crippen LogP contribution >= 0.6 is 0 Å². The third-order valence-electron chi connectivity index (χ3n) is 10.2. The van der Waals surface area contributed by atoms with E-state index in [1.54, 1.807) is 0 Å². The van der Waals surface area contributed by atoms with E-state index in [0.29, 0.717) is 17.5 Å². The Kier molecular flexibility index (Phi) is 7.85. The Balaban J connectivity index is 1.13. The van der Waals surface area contributed by atoms with Gasteiger partial charge >= 0.3 is 0 Å². The Morgan fingerprint density at radius 1 is 0.389 bits per heavy atom. The SMILES string of the molecule is C1=Cc2oc3c(-c4ccc(-c5ccccc5)cc4)ccc(-c4nc(-c5ccccc5)nc(-c5ccc(-c6cccc7ccccc67)cc5)n4)c3c2C=CC1. The van der Waals surface area contributed by atoms with E-state index in [4.69, 9.17) is 19.4 Å². The fourth-order valence-electron chi connectivity index (χ4n) is 7.48. The summed E-state index contributed by atoms with van der Waals surface area (Å²) < 4.78 is 6.74. The molecule has 1 aliphatic rings. The average Bonchev–Trinajstić information content (AvgIpc) is 3.45. The molecule has 2 aromatic heterocycles. The number of furan rings is 1. The number of fused-ring (bicyclic) bond motifs is 4. The van der Waals surface area contributed by atoms with Crippen LogP contribution in [0.3, 0.4) is 0 Å². The zero-order chi connectivity index (χ0) is 35.8. The highest BCUT2D eigenvalue weighted by Gasteiger charge is 2.23. The van der Waals surface area contributed by atoms with Gasteiger partial charge in [0.2, 0.25) is 0 Å². The lowest BCUT2D eigenvalue weighted by Gasteiger charge is -2.12. The van der Waals surface area contributed by atoms with E-state index in [2.05, 4.69) is 152 Å². The molecule has 54 heavy (non-hydrogen) atoms. The van der Waals surface area contributed by atoms with Crippen LogP contribution in [-0.2, 0) is 0 Å². The predicted octanol–water partition coefficient (Wildman–Crippen LogP) is 13.2. The molecule has 0 bridgehead atoms. The molecule has 7 aromatic carbocycles. The molecule has 0 aliphatic heterocycles. The van der Waals surface area contributed by atoms with Crippen LogP contribution in [0, 0.1) is 0 Å². The van der Waals surface area contributed by atoms with Crippen molar-refractivity contribution in [3.05, 3.63) is 187 Å². The van der Waals surface area contributed by atoms with Gasteiger partial charge in [-0.05, 0) is 63.2 Å². The number of allylic oxidation sites excluding steroid dienone is 2. The highest BCUT2D eigenvalue weighted by atomic mass is 16.3. The van der Waals surface area contributed by atoms with Crippen molar-refractivity contribution in [3.8, 4) is 67.5 Å². The van der Waals surface area contributed by atoms with Crippen LogP contribution in [0.1, 0.15) is 17.7 Å². The highest BCUT2D eigenvalue weighted by molar-refractivity contribution is 6.07. The Morgan fingerprint density at radius 3 is 1.69 bits per heavy atom. The largest absolute Gasteiger partial charge is 0.455 e. The minimum atomic E-state index is 0.596. The maximum absolute atomic E-state index is 6.74. The summed E-state index contributed by atoms with van der Waals surface area (Å²) in [6.45, 7) is 0. The highest BCUT2D eigenvalue weighted by Crippen LogP contribution is 2.42. The molecule has 2 heterocycles. The van der Waals surface area contributed by atoms with E-state index in [1.165, 1.54) is 27.5 Å². The fraction of sp³-hybridized carbons (Fsp3) is 0.0200. The monoisotopic (exact) mass is 691 g/mol. The molecule has 9 aromatic rings. The quantitative estimate of drug-likeness (QED) is 0.174. The van der Waals surface area contributed by atoms with Gasteiger partial charge in [0.1, 0.15) is 11.3 Å².